The van der Waals surface area contributed by atoms with E-state index in [1.54, 1.807) is 13.8 Å². The van der Waals surface area contributed by atoms with Gasteiger partial charge in [0.1, 0.15) is 0 Å². The molecule has 0 amide bonds. The van der Waals surface area contributed by atoms with Gasteiger partial charge in [-0.15, -0.1) is 96.0 Å². The molecule has 0 fully saturated rings. The molecule has 7 N–H and O–H groups in total. The van der Waals surface area contributed by atoms with Crippen molar-refractivity contribution in [1.29, 1.82) is 0 Å². The fourth-order valence-electron chi connectivity index (χ4n) is 4.60. The van der Waals surface area contributed by atoms with Crippen LogP contribution in [-0.4, -0.2) is 97.3 Å². The number of alkyl halides is 15. The molecule has 0 saturated heterocycles. The number of ether oxygens (including phenoxy) is 1. The molecule has 2 unspecified atom stereocenters. The maximum atomic E-state index is 13.5. The average Bonchev–Trinajstić information content (AvgIpc) is 3.29. The minimum atomic E-state index is -5.08. The van der Waals surface area contributed by atoms with Gasteiger partial charge in [0, 0.05) is 109 Å². The summed E-state index contributed by atoms with van der Waals surface area (Å²) in [6.45, 7) is 3.32. The number of halogens is 19. The molecule has 0 spiro atoms. The summed E-state index contributed by atoms with van der Waals surface area (Å²) in [7, 11) is 0. The maximum Gasteiger partial charge on any atom is 0.490 e. The summed E-state index contributed by atoms with van der Waals surface area (Å²) in [5.41, 5.74) is -1.00. The number of hydrogen-bond acceptors (Lipinski definition) is 8. The maximum absolute atomic E-state index is 13.5. The van der Waals surface area contributed by atoms with Crippen molar-refractivity contribution in [2.75, 3.05) is 13.2 Å². The number of carbonyl (C=O) groups is 1. The van der Waals surface area contributed by atoms with Crippen LogP contribution in [0.3, 0.4) is 0 Å². The zero-order chi connectivity index (χ0) is 57.7. The largest absolute Gasteiger partial charge is 0.723 e. The number of pyridine rings is 2. The van der Waals surface area contributed by atoms with E-state index in [1.165, 1.54) is 54.6 Å². The van der Waals surface area contributed by atoms with E-state index in [-0.39, 0.29) is 88.5 Å². The van der Waals surface area contributed by atoms with Gasteiger partial charge in [-0.1, -0.05) is 35.9 Å². The van der Waals surface area contributed by atoms with E-state index >= 15 is 0 Å². The summed E-state index contributed by atoms with van der Waals surface area (Å²) in [6, 6.07) is 23.5. The zero-order valence-corrected chi connectivity index (χ0v) is 47.1. The first-order valence-electron chi connectivity index (χ1n) is 20.0. The second-order valence-electron chi connectivity index (χ2n) is 14.0. The first kappa shape index (κ1) is 80.9. The van der Waals surface area contributed by atoms with Crippen molar-refractivity contribution in [3.05, 3.63) is 166 Å². The van der Waals surface area contributed by atoms with Crippen LogP contribution in [-0.2, 0) is 82.2 Å². The van der Waals surface area contributed by atoms with Crippen LogP contribution in [0.4, 0.5) is 79.0 Å². The summed E-state index contributed by atoms with van der Waals surface area (Å²) in [4.78, 5) is 16.2. The van der Waals surface area contributed by atoms with Crippen LogP contribution < -0.4 is 0 Å². The molecule has 11 nitrogen and oxygen atoms in total. The molecule has 79 heavy (non-hydrogen) atoms. The Kier molecular flexibility index (Phi) is 37.6. The van der Waals surface area contributed by atoms with E-state index in [4.69, 9.17) is 46.7 Å². The monoisotopic (exact) mass is 1720 g/mol. The van der Waals surface area contributed by atoms with Gasteiger partial charge in [0.05, 0.1) is 17.2 Å². The Morgan fingerprint density at radius 2 is 1.11 bits per heavy atom. The van der Waals surface area contributed by atoms with Gasteiger partial charge in [0.15, 0.2) is 6.29 Å². The van der Waals surface area contributed by atoms with Crippen LogP contribution in [0.5, 0.6) is 0 Å². The number of aliphatic carboxylic acids is 1. The van der Waals surface area contributed by atoms with Crippen LogP contribution in [0, 0.1) is 35.7 Å². The van der Waals surface area contributed by atoms with Crippen LogP contribution in [0.15, 0.2) is 108 Å². The number of aliphatic hydroxyl groups excluding tert-OH is 3. The molecule has 0 bridgehead atoms. The molecule has 3 aromatic carbocycles. The third kappa shape index (κ3) is 31.9. The molecular formula is C46H38ClF18Ir3N3O8-4. The number of aromatic nitrogens is 2. The zero-order valence-electron chi connectivity index (χ0n) is 39.2. The minimum absolute atomic E-state index is 0. The second kappa shape index (κ2) is 36.7. The minimum Gasteiger partial charge on any atom is -0.723 e. The van der Waals surface area contributed by atoms with E-state index in [2.05, 4.69) is 33.5 Å². The van der Waals surface area contributed by atoms with Gasteiger partial charge in [-0.3, -0.25) is 13.2 Å². The molecule has 0 saturated carbocycles. The Labute approximate surface area is 481 Å². The average molecular weight is 1710 g/mol. The van der Waals surface area contributed by atoms with Crippen molar-refractivity contribution >= 4 is 23.3 Å². The van der Waals surface area contributed by atoms with E-state index in [0.29, 0.717) is 29.1 Å². The first-order valence-corrected chi connectivity index (χ1v) is 20.4. The molecule has 0 aliphatic carbocycles. The van der Waals surface area contributed by atoms with Gasteiger partial charge >= 0.3 is 36.9 Å². The normalized spacial score (nSPS) is 12.8. The molecule has 33 heteroatoms. The summed E-state index contributed by atoms with van der Waals surface area (Å²) in [6.07, 6.45) is -25.2. The van der Waals surface area contributed by atoms with Gasteiger partial charge in [-0.05, 0) is 36.3 Å². The number of benzene rings is 3. The van der Waals surface area contributed by atoms with Gasteiger partial charge in [-0.25, -0.2) is 10.5 Å². The molecule has 6 rings (SSSR count). The van der Waals surface area contributed by atoms with E-state index in [0.717, 1.165) is 42.7 Å². The predicted molar refractivity (Wildman–Crippen MR) is 233 cm³/mol. The summed E-state index contributed by atoms with van der Waals surface area (Å²) in [5.74, 6) is -4.30. The number of allylic oxidation sites excluding steroid dienone is 2. The molecule has 5 aromatic rings. The molecule has 1 aliphatic rings. The number of carboxylic acids is 1. The van der Waals surface area contributed by atoms with Crippen LogP contribution in [0.2, 0.25) is 0 Å². The quantitative estimate of drug-likeness (QED) is 0.0598. The number of aliphatic hydroxyl groups is 4. The van der Waals surface area contributed by atoms with Gasteiger partial charge in [0.2, 0.25) is 0 Å². The third-order valence-corrected chi connectivity index (χ3v) is 8.35. The Morgan fingerprint density at radius 3 is 1.38 bits per heavy atom. The van der Waals surface area contributed by atoms with Crippen molar-refractivity contribution in [1.82, 2.24) is 9.97 Å². The Balaban J connectivity index is -0.000000440. The standard InChI is InChI=1S/C12H6ClF4N.2C12H6F4N.C6H14O3.C2H3F3O2.C2HF3O2.3Ir.H2O/c13-9-5-7(12(15,16)17)6-18-11(9)8-3-1-2-4-10(8)14;2*13-10-4-1-8(2-5-10)11-6-3-9(7-17-11)12(14,15)16;1-3-9-6(8)4-5(2)7;2*3-2(4,5)1(6)7;;;;/h1-2,4-5H,6H2;2*1,3-7H;5-8H,3-4H2,1-2H3;1,6-7H;(H,6,7);;;;1H2/q-2;2*-1;;;;;;;. The predicted octanol–water partition coefficient (Wildman–Crippen LogP) is 11.6. The molecule has 1 aliphatic heterocycles. The van der Waals surface area contributed by atoms with Crippen LogP contribution >= 0.6 is 11.6 Å². The van der Waals surface area contributed by atoms with Gasteiger partial charge in [0.25, 0.3) is 6.29 Å². The molecule has 2 aromatic heterocycles. The van der Waals surface area contributed by atoms with Gasteiger partial charge < -0.3 is 51.0 Å². The van der Waals surface area contributed by atoms with E-state index < -0.39 is 96.2 Å². The van der Waals surface area contributed by atoms with Crippen LogP contribution in [0.1, 0.15) is 37.0 Å². The van der Waals surface area contributed by atoms with Crippen LogP contribution in [0.25, 0.3) is 33.5 Å². The molecule has 3 heterocycles. The number of nitrogens with zero attached hydrogens (tertiary/aromatic N) is 3. The molecule has 2 atom stereocenters. The SMILES string of the molecule is CCOC(O)CC(C)O.Fc1c[c-]c(-c2ccc(C(F)(F)F)cn2)cc1.Fc1c[c-]c(-c2ccc(C(F)(F)F)cn2)cc1.Fc1ccc[c-]c1C1=C(Cl)C=C(C(F)(F)F)C[N-]1.O.O=C(O)C(F)(F)F.OC(O)C(F)(F)F.[Ir].[Ir].[Ir]. The summed E-state index contributed by atoms with van der Waals surface area (Å²) < 4.78 is 218. The number of carboxylic acid groups (broad SMARTS) is 1. The fourth-order valence-corrected chi connectivity index (χ4v) is 4.88. The van der Waals surface area contributed by atoms with Crippen molar-refractivity contribution in [3.8, 4) is 22.5 Å². The number of rotatable bonds is 7. The van der Waals surface area contributed by atoms with Crippen molar-refractivity contribution in [2.24, 2.45) is 0 Å². The first-order chi connectivity index (χ1) is 34.4. The topological polar surface area (TPSA) is 199 Å². The van der Waals surface area contributed by atoms with E-state index in [1.807, 2.05) is 0 Å². The van der Waals surface area contributed by atoms with Crippen molar-refractivity contribution < 1.29 is 180 Å². The van der Waals surface area contributed by atoms with Crippen molar-refractivity contribution in [2.45, 2.75) is 69.8 Å². The Bertz CT molecular complexity index is 2470. The molecule has 449 valence electrons. The van der Waals surface area contributed by atoms with E-state index in [9.17, 15) is 79.0 Å². The number of hydrogen-bond donors (Lipinski definition) is 5. The smallest absolute Gasteiger partial charge is 0.490 e. The third-order valence-electron chi connectivity index (χ3n) is 8.06. The second-order valence-corrected chi connectivity index (χ2v) is 14.4. The Morgan fingerprint density at radius 1 is 0.696 bits per heavy atom. The molecular weight excluding hydrogens is 1680 g/mol. The van der Waals surface area contributed by atoms with Crippen molar-refractivity contribution in [3.63, 3.8) is 0 Å². The summed E-state index contributed by atoms with van der Waals surface area (Å²) >= 11 is 5.71. The summed E-state index contributed by atoms with van der Waals surface area (Å²) in [5, 5.41) is 42.7. The molecule has 3 radical (unpaired) electrons. The Hall–Kier alpha value is -4.55. The fraction of sp³-hybridized carbons (Fsp3) is 0.283. The van der Waals surface area contributed by atoms with Gasteiger partial charge in [-0.2, -0.15) is 65.9 Å².